The third kappa shape index (κ3) is 2.73. The van der Waals surface area contributed by atoms with E-state index in [-0.39, 0.29) is 23.9 Å². The molecular weight excluding hydrogens is 270 g/mol. The van der Waals surface area contributed by atoms with Crippen LogP contribution in [0.1, 0.15) is 41.8 Å². The lowest BCUT2D eigenvalue weighted by Crippen LogP contribution is -2.41. The second-order valence-corrected chi connectivity index (χ2v) is 5.50. The number of nitrogens with zero attached hydrogens (tertiary/aromatic N) is 4. The van der Waals surface area contributed by atoms with Gasteiger partial charge in [-0.3, -0.25) is 4.79 Å². The lowest BCUT2D eigenvalue weighted by Gasteiger charge is -2.18. The van der Waals surface area contributed by atoms with Crippen LogP contribution in [0.3, 0.4) is 0 Å². The van der Waals surface area contributed by atoms with Gasteiger partial charge in [0, 0.05) is 18.0 Å². The largest absolute Gasteiger partial charge is 0.376 e. The summed E-state index contributed by atoms with van der Waals surface area (Å²) in [6, 6.07) is 1.85. The third-order valence-electron chi connectivity index (χ3n) is 3.70. The summed E-state index contributed by atoms with van der Waals surface area (Å²) in [4.78, 5) is 20.7. The fourth-order valence-electron chi connectivity index (χ4n) is 2.62. The minimum atomic E-state index is -0.291. The van der Waals surface area contributed by atoms with Gasteiger partial charge in [-0.15, -0.1) is 5.10 Å². The van der Waals surface area contributed by atoms with E-state index >= 15 is 0 Å². The number of aromatic nitrogens is 4. The monoisotopic (exact) mass is 289 g/mol. The maximum atomic E-state index is 12.2. The van der Waals surface area contributed by atoms with Crippen molar-refractivity contribution in [2.75, 3.05) is 6.61 Å². The molecule has 2 aromatic rings. The quantitative estimate of drug-likeness (QED) is 0.913. The van der Waals surface area contributed by atoms with Crippen LogP contribution in [0.4, 0.5) is 0 Å². The lowest BCUT2D eigenvalue weighted by atomic mass is 10.1. The fraction of sp³-hybridized carbons (Fsp3) is 0.571. The van der Waals surface area contributed by atoms with E-state index in [2.05, 4.69) is 20.4 Å². The Balaban J connectivity index is 1.79. The number of aryl methyl sites for hydroxylation is 2. The van der Waals surface area contributed by atoms with Crippen molar-refractivity contribution in [3.8, 4) is 0 Å². The molecule has 1 fully saturated rings. The zero-order valence-corrected chi connectivity index (χ0v) is 12.5. The van der Waals surface area contributed by atoms with Gasteiger partial charge in [0.1, 0.15) is 0 Å². The van der Waals surface area contributed by atoms with Crippen molar-refractivity contribution in [2.24, 2.45) is 0 Å². The van der Waals surface area contributed by atoms with E-state index in [1.807, 2.05) is 26.8 Å². The van der Waals surface area contributed by atoms with Crippen LogP contribution in [0.15, 0.2) is 6.07 Å². The molecule has 112 valence electrons. The predicted octanol–water partition coefficient (Wildman–Crippen LogP) is 1.04. The molecule has 3 rings (SSSR count). The highest BCUT2D eigenvalue weighted by molar-refractivity contribution is 5.91. The van der Waals surface area contributed by atoms with Crippen molar-refractivity contribution in [3.63, 3.8) is 0 Å². The lowest BCUT2D eigenvalue weighted by molar-refractivity contribution is 0.0706. The third-order valence-corrected chi connectivity index (χ3v) is 3.70. The van der Waals surface area contributed by atoms with Crippen LogP contribution in [-0.4, -0.2) is 44.2 Å². The van der Waals surface area contributed by atoms with Crippen LogP contribution in [-0.2, 0) is 4.74 Å². The number of hydrogen-bond donors (Lipinski definition) is 1. The summed E-state index contributed by atoms with van der Waals surface area (Å²) in [5, 5.41) is 7.13. The molecule has 0 aromatic carbocycles. The van der Waals surface area contributed by atoms with Crippen molar-refractivity contribution < 1.29 is 9.53 Å². The highest BCUT2D eigenvalue weighted by Gasteiger charge is 2.25. The van der Waals surface area contributed by atoms with Gasteiger partial charge < -0.3 is 10.1 Å². The number of carbonyl (C=O) groups excluding carboxylic acids is 1. The molecule has 0 spiro atoms. The molecule has 0 aliphatic carbocycles. The topological polar surface area (TPSA) is 81.4 Å². The van der Waals surface area contributed by atoms with E-state index in [1.54, 1.807) is 4.52 Å². The molecule has 1 aliphatic rings. The fourth-order valence-corrected chi connectivity index (χ4v) is 2.62. The summed E-state index contributed by atoms with van der Waals surface area (Å²) in [5.41, 5.74) is 1.75. The smallest absolute Gasteiger partial charge is 0.291 e. The van der Waals surface area contributed by atoms with Crippen LogP contribution >= 0.6 is 0 Å². The molecule has 3 heterocycles. The molecule has 1 amide bonds. The molecular formula is C14H19N5O2. The molecule has 7 heteroatoms. The summed E-state index contributed by atoms with van der Waals surface area (Å²) in [6.07, 6.45) is 2.09. The van der Waals surface area contributed by atoms with E-state index in [1.165, 1.54) is 0 Å². The molecule has 7 nitrogen and oxygen atoms in total. The van der Waals surface area contributed by atoms with Gasteiger partial charge in [0.05, 0.1) is 12.1 Å². The number of amides is 1. The Labute approximate surface area is 122 Å². The molecule has 21 heavy (non-hydrogen) atoms. The van der Waals surface area contributed by atoms with Gasteiger partial charge in [0.15, 0.2) is 0 Å². The van der Waals surface area contributed by atoms with E-state index in [4.69, 9.17) is 4.74 Å². The number of hydrogen-bond acceptors (Lipinski definition) is 5. The molecule has 0 bridgehead atoms. The van der Waals surface area contributed by atoms with Gasteiger partial charge in [0.25, 0.3) is 11.7 Å². The van der Waals surface area contributed by atoms with Crippen molar-refractivity contribution in [3.05, 3.63) is 23.3 Å². The van der Waals surface area contributed by atoms with E-state index in [9.17, 15) is 4.79 Å². The summed E-state index contributed by atoms with van der Waals surface area (Å²) in [6.45, 7) is 6.51. The van der Waals surface area contributed by atoms with Gasteiger partial charge in [-0.25, -0.2) is 9.50 Å². The Hall–Kier alpha value is -2.02. The van der Waals surface area contributed by atoms with Crippen LogP contribution in [0.2, 0.25) is 0 Å². The first kappa shape index (κ1) is 13.9. The molecule has 2 atom stereocenters. The van der Waals surface area contributed by atoms with Gasteiger partial charge in [-0.1, -0.05) is 0 Å². The molecule has 1 N–H and O–H groups in total. The standard InChI is InChI=1S/C14H19N5O2/c1-8-7-9(2)19-14(15-8)17-12(18-19)13(20)16-10(3)11-5-4-6-21-11/h7,10-11H,4-6H2,1-3H3,(H,16,20)/t10-,11+/m0/s1. The summed E-state index contributed by atoms with van der Waals surface area (Å²) in [7, 11) is 0. The average molecular weight is 289 g/mol. The number of ether oxygens (including phenoxy) is 1. The first-order valence-electron chi connectivity index (χ1n) is 7.18. The number of rotatable bonds is 3. The van der Waals surface area contributed by atoms with Gasteiger partial charge >= 0.3 is 0 Å². The Morgan fingerprint density at radius 2 is 2.29 bits per heavy atom. The molecule has 1 aliphatic heterocycles. The second kappa shape index (κ2) is 5.40. The highest BCUT2D eigenvalue weighted by Crippen LogP contribution is 2.15. The molecule has 2 aromatic heterocycles. The zero-order chi connectivity index (χ0) is 15.0. The number of nitrogens with one attached hydrogen (secondary N) is 1. The average Bonchev–Trinajstić information content (AvgIpc) is 3.07. The minimum absolute atomic E-state index is 0.0533. The maximum Gasteiger partial charge on any atom is 0.291 e. The van der Waals surface area contributed by atoms with Crippen LogP contribution in [0.25, 0.3) is 5.78 Å². The Bertz CT molecular complexity index is 675. The van der Waals surface area contributed by atoms with Gasteiger partial charge in [-0.2, -0.15) is 4.98 Å². The Morgan fingerprint density at radius 1 is 1.48 bits per heavy atom. The van der Waals surface area contributed by atoms with E-state index < -0.39 is 0 Å². The molecule has 0 radical (unpaired) electrons. The van der Waals surface area contributed by atoms with Crippen LogP contribution in [0, 0.1) is 13.8 Å². The number of carbonyl (C=O) groups is 1. The first-order chi connectivity index (χ1) is 10.0. The second-order valence-electron chi connectivity index (χ2n) is 5.50. The van der Waals surface area contributed by atoms with Crippen molar-refractivity contribution in [2.45, 2.75) is 45.8 Å². The maximum absolute atomic E-state index is 12.2. The van der Waals surface area contributed by atoms with Gasteiger partial charge in [-0.05, 0) is 39.7 Å². The Kier molecular flexibility index (Phi) is 3.59. The zero-order valence-electron chi connectivity index (χ0n) is 12.5. The Morgan fingerprint density at radius 3 is 3.00 bits per heavy atom. The van der Waals surface area contributed by atoms with Crippen LogP contribution < -0.4 is 5.32 Å². The van der Waals surface area contributed by atoms with Crippen molar-refractivity contribution in [1.82, 2.24) is 24.9 Å². The summed E-state index contributed by atoms with van der Waals surface area (Å²) in [5.74, 6) is 0.295. The van der Waals surface area contributed by atoms with Crippen molar-refractivity contribution in [1.29, 1.82) is 0 Å². The van der Waals surface area contributed by atoms with Gasteiger partial charge in [0.2, 0.25) is 5.82 Å². The summed E-state index contributed by atoms with van der Waals surface area (Å²) < 4.78 is 7.15. The highest BCUT2D eigenvalue weighted by atomic mass is 16.5. The first-order valence-corrected chi connectivity index (χ1v) is 7.18. The molecule has 0 saturated carbocycles. The SMILES string of the molecule is Cc1cc(C)n2nc(C(=O)N[C@@H](C)[C@H]3CCCO3)nc2n1. The molecule has 0 unspecified atom stereocenters. The van der Waals surface area contributed by atoms with Crippen molar-refractivity contribution >= 4 is 11.7 Å². The minimum Gasteiger partial charge on any atom is -0.376 e. The van der Waals surface area contributed by atoms with Crippen LogP contribution in [0.5, 0.6) is 0 Å². The summed E-state index contributed by atoms with van der Waals surface area (Å²) >= 11 is 0. The predicted molar refractivity (Wildman–Crippen MR) is 76.2 cm³/mol. The number of fused-ring (bicyclic) bond motifs is 1. The van der Waals surface area contributed by atoms with E-state index in [0.29, 0.717) is 5.78 Å². The molecule has 1 saturated heterocycles. The normalized spacial score (nSPS) is 19.9. The van der Waals surface area contributed by atoms with E-state index in [0.717, 1.165) is 30.8 Å².